The first kappa shape index (κ1) is 14.4. The summed E-state index contributed by atoms with van der Waals surface area (Å²) in [7, 11) is 1.64. The van der Waals surface area contributed by atoms with Crippen molar-refractivity contribution in [2.75, 3.05) is 0 Å². The summed E-state index contributed by atoms with van der Waals surface area (Å²) in [6.07, 6.45) is 0. The van der Waals surface area contributed by atoms with Crippen LogP contribution in [0.15, 0.2) is 12.1 Å². The average Bonchev–Trinajstić information content (AvgIpc) is 2.61. The van der Waals surface area contributed by atoms with Crippen molar-refractivity contribution in [3.63, 3.8) is 0 Å². The summed E-state index contributed by atoms with van der Waals surface area (Å²) < 4.78 is 7.11. The van der Waals surface area contributed by atoms with Gasteiger partial charge in [-0.1, -0.05) is 11.6 Å². The second-order valence-electron chi connectivity index (χ2n) is 4.67. The number of halogens is 1. The van der Waals surface area contributed by atoms with Crippen LogP contribution in [0.5, 0.6) is 11.6 Å². The first-order valence-corrected chi connectivity index (χ1v) is 6.40. The van der Waals surface area contributed by atoms with Crippen LogP contribution in [-0.2, 0) is 7.05 Å². The molecular weight excluding hydrogens is 280 g/mol. The van der Waals surface area contributed by atoms with Gasteiger partial charge in [0.15, 0.2) is 0 Å². The fourth-order valence-electron chi connectivity index (χ4n) is 2.08. The third-order valence-electron chi connectivity index (χ3n) is 3.01. The first-order chi connectivity index (χ1) is 9.31. The van der Waals surface area contributed by atoms with Gasteiger partial charge in [-0.15, -0.1) is 0 Å². The lowest BCUT2D eigenvalue weighted by atomic mass is 10.1. The van der Waals surface area contributed by atoms with Crippen LogP contribution in [0.25, 0.3) is 0 Å². The van der Waals surface area contributed by atoms with Gasteiger partial charge in [0.25, 0.3) is 0 Å². The van der Waals surface area contributed by atoms with E-state index in [9.17, 15) is 9.90 Å². The number of carboxylic acids is 1. The van der Waals surface area contributed by atoms with Crippen LogP contribution in [0.2, 0.25) is 5.02 Å². The van der Waals surface area contributed by atoms with E-state index in [0.29, 0.717) is 16.5 Å². The van der Waals surface area contributed by atoms with Crippen LogP contribution in [0, 0.1) is 20.8 Å². The maximum atomic E-state index is 11.3. The van der Waals surface area contributed by atoms with E-state index in [2.05, 4.69) is 5.10 Å². The maximum Gasteiger partial charge on any atom is 0.343 e. The number of carboxylic acid groups (broad SMARTS) is 1. The van der Waals surface area contributed by atoms with Crippen molar-refractivity contribution in [2.45, 2.75) is 20.8 Å². The second-order valence-corrected chi connectivity index (χ2v) is 5.05. The van der Waals surface area contributed by atoms with Gasteiger partial charge in [-0.25, -0.2) is 9.48 Å². The predicted molar refractivity (Wildman–Crippen MR) is 75.9 cm³/mol. The Kier molecular flexibility index (Phi) is 3.72. The highest BCUT2D eigenvalue weighted by Crippen LogP contribution is 2.31. The molecule has 0 saturated heterocycles. The molecule has 6 heteroatoms. The number of aromatic nitrogens is 2. The summed E-state index contributed by atoms with van der Waals surface area (Å²) in [6.45, 7) is 5.37. The molecule has 0 aliphatic heterocycles. The topological polar surface area (TPSA) is 64.3 Å². The molecule has 0 fully saturated rings. The van der Waals surface area contributed by atoms with Gasteiger partial charge in [0.2, 0.25) is 5.88 Å². The summed E-state index contributed by atoms with van der Waals surface area (Å²) >= 11 is 6.10. The van der Waals surface area contributed by atoms with Crippen LogP contribution in [0.4, 0.5) is 0 Å². The van der Waals surface area contributed by atoms with Gasteiger partial charge in [-0.05, 0) is 44.0 Å². The lowest BCUT2D eigenvalue weighted by molar-refractivity contribution is 0.0693. The number of hydrogen-bond donors (Lipinski definition) is 1. The van der Waals surface area contributed by atoms with Gasteiger partial charge in [0.1, 0.15) is 11.3 Å². The van der Waals surface area contributed by atoms with Crippen molar-refractivity contribution in [2.24, 2.45) is 7.05 Å². The van der Waals surface area contributed by atoms with Crippen molar-refractivity contribution < 1.29 is 14.6 Å². The van der Waals surface area contributed by atoms with Crippen LogP contribution in [0.3, 0.4) is 0 Å². The van der Waals surface area contributed by atoms with E-state index in [1.165, 1.54) is 4.68 Å². The number of benzene rings is 1. The van der Waals surface area contributed by atoms with Gasteiger partial charge < -0.3 is 9.84 Å². The van der Waals surface area contributed by atoms with E-state index < -0.39 is 5.97 Å². The number of aromatic carboxylic acids is 1. The Bertz CT molecular complexity index is 669. The highest BCUT2D eigenvalue weighted by atomic mass is 35.5. The third-order valence-corrected chi connectivity index (χ3v) is 3.60. The number of rotatable bonds is 3. The number of ether oxygens (including phenoxy) is 1. The molecule has 20 heavy (non-hydrogen) atoms. The van der Waals surface area contributed by atoms with E-state index in [1.807, 2.05) is 13.8 Å². The molecule has 1 heterocycles. The second kappa shape index (κ2) is 5.17. The molecule has 0 bridgehead atoms. The third kappa shape index (κ3) is 2.49. The fourth-order valence-corrected chi connectivity index (χ4v) is 2.19. The van der Waals surface area contributed by atoms with E-state index in [4.69, 9.17) is 16.3 Å². The van der Waals surface area contributed by atoms with Crippen molar-refractivity contribution in [1.29, 1.82) is 0 Å². The summed E-state index contributed by atoms with van der Waals surface area (Å²) in [4.78, 5) is 11.3. The highest BCUT2D eigenvalue weighted by Gasteiger charge is 2.22. The number of aryl methyl sites for hydroxylation is 4. The van der Waals surface area contributed by atoms with Gasteiger partial charge in [0.05, 0.1) is 5.69 Å². The molecule has 0 amide bonds. The molecule has 106 valence electrons. The zero-order valence-corrected chi connectivity index (χ0v) is 12.4. The smallest absolute Gasteiger partial charge is 0.343 e. The minimum absolute atomic E-state index is 0.0674. The molecule has 1 aromatic carbocycles. The van der Waals surface area contributed by atoms with Gasteiger partial charge >= 0.3 is 5.97 Å². The van der Waals surface area contributed by atoms with Gasteiger partial charge in [-0.2, -0.15) is 5.10 Å². The Morgan fingerprint density at radius 2 is 1.85 bits per heavy atom. The highest BCUT2D eigenvalue weighted by molar-refractivity contribution is 6.32. The maximum absolute atomic E-state index is 11.3. The molecule has 0 unspecified atom stereocenters. The summed E-state index contributed by atoms with van der Waals surface area (Å²) in [5, 5.41) is 14.0. The summed E-state index contributed by atoms with van der Waals surface area (Å²) in [5.41, 5.74) is 2.23. The zero-order chi connectivity index (χ0) is 15.0. The Morgan fingerprint density at radius 3 is 2.35 bits per heavy atom. The Morgan fingerprint density at radius 1 is 1.30 bits per heavy atom. The Hall–Kier alpha value is -2.01. The largest absolute Gasteiger partial charge is 0.477 e. The standard InChI is InChI=1S/C14H15ClN2O3/c1-7-5-10(6-8(2)12(7)15)20-13-11(14(18)19)9(3)16-17(13)4/h5-6H,1-4H3,(H,18,19). The normalized spacial score (nSPS) is 10.7. The Labute approximate surface area is 121 Å². The SMILES string of the molecule is Cc1cc(Oc2c(C(=O)O)c(C)nn2C)cc(C)c1Cl. The predicted octanol–water partition coefficient (Wildman–Crippen LogP) is 3.49. The fraction of sp³-hybridized carbons (Fsp3) is 0.286. The van der Waals surface area contributed by atoms with E-state index in [0.717, 1.165) is 11.1 Å². The molecule has 1 N–H and O–H groups in total. The first-order valence-electron chi connectivity index (χ1n) is 6.02. The summed E-state index contributed by atoms with van der Waals surface area (Å²) in [6, 6.07) is 3.53. The van der Waals surface area contributed by atoms with Crippen LogP contribution in [-0.4, -0.2) is 20.9 Å². The van der Waals surface area contributed by atoms with E-state index >= 15 is 0 Å². The Balaban J connectivity index is 2.48. The number of nitrogens with zero attached hydrogens (tertiary/aromatic N) is 2. The van der Waals surface area contributed by atoms with Crippen molar-refractivity contribution >= 4 is 17.6 Å². The number of carbonyl (C=O) groups is 1. The summed E-state index contributed by atoms with van der Waals surface area (Å²) in [5.74, 6) is -0.320. The lowest BCUT2D eigenvalue weighted by Crippen LogP contribution is -2.02. The molecule has 0 atom stereocenters. The minimum Gasteiger partial charge on any atom is -0.477 e. The molecule has 0 radical (unpaired) electrons. The molecule has 0 aliphatic carbocycles. The average molecular weight is 295 g/mol. The molecule has 0 aliphatic rings. The van der Waals surface area contributed by atoms with Crippen molar-refractivity contribution in [3.05, 3.63) is 39.5 Å². The quantitative estimate of drug-likeness (QED) is 0.941. The molecular formula is C14H15ClN2O3. The van der Waals surface area contributed by atoms with Crippen LogP contribution in [0.1, 0.15) is 27.2 Å². The molecule has 0 saturated carbocycles. The molecule has 1 aromatic heterocycles. The van der Waals surface area contributed by atoms with Crippen LogP contribution >= 0.6 is 11.6 Å². The lowest BCUT2D eigenvalue weighted by Gasteiger charge is -2.10. The minimum atomic E-state index is -1.06. The molecule has 2 aromatic rings. The van der Waals surface area contributed by atoms with E-state index in [-0.39, 0.29) is 11.4 Å². The number of hydrogen-bond acceptors (Lipinski definition) is 3. The van der Waals surface area contributed by atoms with Crippen LogP contribution < -0.4 is 4.74 Å². The molecule has 5 nitrogen and oxygen atoms in total. The molecule has 0 spiro atoms. The van der Waals surface area contributed by atoms with Crippen molar-refractivity contribution in [3.8, 4) is 11.6 Å². The molecule has 2 rings (SSSR count). The monoisotopic (exact) mass is 294 g/mol. The van der Waals surface area contributed by atoms with Gasteiger partial charge in [0, 0.05) is 12.1 Å². The zero-order valence-electron chi connectivity index (χ0n) is 11.7. The van der Waals surface area contributed by atoms with E-state index in [1.54, 1.807) is 26.1 Å². The van der Waals surface area contributed by atoms with Gasteiger partial charge in [-0.3, -0.25) is 0 Å². The van der Waals surface area contributed by atoms with Crippen molar-refractivity contribution in [1.82, 2.24) is 9.78 Å².